The summed E-state index contributed by atoms with van der Waals surface area (Å²) in [6.45, 7) is 8.65. The van der Waals surface area contributed by atoms with Crippen LogP contribution in [0.3, 0.4) is 0 Å². The van der Waals surface area contributed by atoms with Crippen LogP contribution in [-0.4, -0.2) is 17.9 Å². The van der Waals surface area contributed by atoms with Crippen molar-refractivity contribution in [2.45, 2.75) is 52.7 Å². The number of fused-ring (bicyclic) bond motifs is 3. The van der Waals surface area contributed by atoms with E-state index in [0.717, 1.165) is 12.1 Å². The zero-order chi connectivity index (χ0) is 13.8. The lowest BCUT2D eigenvalue weighted by Crippen LogP contribution is -2.61. The first-order chi connectivity index (χ1) is 8.87. The van der Waals surface area contributed by atoms with Crippen LogP contribution in [0.25, 0.3) is 0 Å². The molecule has 0 aromatic heterocycles. The lowest BCUT2D eigenvalue weighted by atomic mass is 9.70. The van der Waals surface area contributed by atoms with Gasteiger partial charge in [-0.05, 0) is 48.9 Å². The van der Waals surface area contributed by atoms with Crippen molar-refractivity contribution in [2.75, 3.05) is 5.06 Å². The number of Topliss-reactive ketones (excluding diaryl/α,β-unsaturated/α-hetero) is 1. The third-order valence-corrected chi connectivity index (χ3v) is 4.35. The molecule has 0 radical (unpaired) electrons. The molecule has 2 heterocycles. The van der Waals surface area contributed by atoms with Crippen molar-refractivity contribution in [2.24, 2.45) is 5.41 Å². The van der Waals surface area contributed by atoms with E-state index >= 15 is 0 Å². The van der Waals surface area contributed by atoms with Crippen LogP contribution >= 0.6 is 0 Å². The van der Waals surface area contributed by atoms with Crippen LogP contribution in [0.4, 0.5) is 5.69 Å². The monoisotopic (exact) mass is 259 g/mol. The van der Waals surface area contributed by atoms with Crippen molar-refractivity contribution >= 4 is 11.5 Å². The highest BCUT2D eigenvalue weighted by atomic mass is 16.7. The van der Waals surface area contributed by atoms with Crippen molar-refractivity contribution in [3.63, 3.8) is 0 Å². The van der Waals surface area contributed by atoms with Gasteiger partial charge in [-0.2, -0.15) is 0 Å². The van der Waals surface area contributed by atoms with Crippen LogP contribution in [0.1, 0.15) is 37.8 Å². The van der Waals surface area contributed by atoms with E-state index in [1.165, 1.54) is 11.1 Å². The fraction of sp³-hybridized carbons (Fsp3) is 0.562. The van der Waals surface area contributed by atoms with Crippen molar-refractivity contribution in [3.05, 3.63) is 29.3 Å². The number of ketones is 1. The highest BCUT2D eigenvalue weighted by Gasteiger charge is 2.51. The SMILES string of the molecule is Cc1cc(C)cc(N2OC3CC(C)(C)C2CC3=O)c1. The molecule has 2 bridgehead atoms. The molecular weight excluding hydrogens is 238 g/mol. The number of carbonyl (C=O) groups is 1. The number of nitrogens with zero attached hydrogens (tertiary/aromatic N) is 1. The normalized spacial score (nSPS) is 28.8. The summed E-state index contributed by atoms with van der Waals surface area (Å²) in [5.74, 6) is 0.255. The van der Waals surface area contributed by atoms with Gasteiger partial charge in [-0.15, -0.1) is 0 Å². The Morgan fingerprint density at radius 1 is 1.21 bits per heavy atom. The van der Waals surface area contributed by atoms with Crippen molar-refractivity contribution in [1.29, 1.82) is 0 Å². The van der Waals surface area contributed by atoms with E-state index in [-0.39, 0.29) is 23.3 Å². The number of hydroxylamine groups is 1. The summed E-state index contributed by atoms with van der Waals surface area (Å²) in [5, 5.41) is 1.98. The molecule has 1 aliphatic carbocycles. The van der Waals surface area contributed by atoms with Gasteiger partial charge in [0.05, 0.1) is 11.7 Å². The number of aryl methyl sites for hydroxylation is 2. The summed E-state index contributed by atoms with van der Waals surface area (Å²) in [6.07, 6.45) is 1.17. The fourth-order valence-electron chi connectivity index (χ4n) is 3.35. The second-order valence-electron chi connectivity index (χ2n) is 6.64. The average Bonchev–Trinajstić information content (AvgIpc) is 2.28. The van der Waals surface area contributed by atoms with Gasteiger partial charge in [0.1, 0.15) is 6.10 Å². The smallest absolute Gasteiger partial charge is 0.166 e. The van der Waals surface area contributed by atoms with Crippen LogP contribution < -0.4 is 5.06 Å². The number of anilines is 1. The number of rotatable bonds is 1. The predicted molar refractivity (Wildman–Crippen MR) is 75.1 cm³/mol. The molecule has 3 fully saturated rings. The maximum Gasteiger partial charge on any atom is 0.166 e. The molecule has 1 aromatic carbocycles. The molecule has 2 unspecified atom stereocenters. The Hall–Kier alpha value is -1.35. The van der Waals surface area contributed by atoms with Gasteiger partial charge >= 0.3 is 0 Å². The number of benzene rings is 1. The Morgan fingerprint density at radius 2 is 1.84 bits per heavy atom. The molecule has 3 aliphatic rings. The van der Waals surface area contributed by atoms with E-state index in [1.54, 1.807) is 0 Å². The molecular formula is C16H21NO2. The van der Waals surface area contributed by atoms with E-state index in [9.17, 15) is 4.79 Å². The average molecular weight is 259 g/mol. The summed E-state index contributed by atoms with van der Waals surface area (Å²) >= 11 is 0. The zero-order valence-electron chi connectivity index (χ0n) is 12.1. The van der Waals surface area contributed by atoms with Crippen LogP contribution in [0.2, 0.25) is 0 Å². The van der Waals surface area contributed by atoms with E-state index in [1.807, 2.05) is 5.06 Å². The molecule has 0 spiro atoms. The summed E-state index contributed by atoms with van der Waals surface area (Å²) < 4.78 is 0. The van der Waals surface area contributed by atoms with Gasteiger partial charge in [-0.1, -0.05) is 19.9 Å². The van der Waals surface area contributed by atoms with Gasteiger partial charge in [0.25, 0.3) is 0 Å². The Labute approximate surface area is 114 Å². The Bertz CT molecular complexity index is 515. The molecule has 2 atom stereocenters. The fourth-order valence-corrected chi connectivity index (χ4v) is 3.35. The van der Waals surface area contributed by atoms with Crippen molar-refractivity contribution in [1.82, 2.24) is 0 Å². The largest absolute Gasteiger partial charge is 0.297 e. The van der Waals surface area contributed by atoms with Gasteiger partial charge in [0.2, 0.25) is 0 Å². The second kappa shape index (κ2) is 4.07. The molecule has 2 aliphatic heterocycles. The topological polar surface area (TPSA) is 29.5 Å². The highest BCUT2D eigenvalue weighted by Crippen LogP contribution is 2.45. The summed E-state index contributed by atoms with van der Waals surface area (Å²) in [7, 11) is 0. The first-order valence-corrected chi connectivity index (χ1v) is 6.94. The lowest BCUT2D eigenvalue weighted by molar-refractivity contribution is -0.159. The van der Waals surface area contributed by atoms with Crippen LogP contribution in [0.5, 0.6) is 0 Å². The molecule has 4 rings (SSSR count). The van der Waals surface area contributed by atoms with Gasteiger partial charge in [-0.3, -0.25) is 9.63 Å². The highest BCUT2D eigenvalue weighted by molar-refractivity contribution is 5.86. The van der Waals surface area contributed by atoms with Gasteiger partial charge in [0, 0.05) is 6.42 Å². The third-order valence-electron chi connectivity index (χ3n) is 4.35. The van der Waals surface area contributed by atoms with Crippen molar-refractivity contribution < 1.29 is 9.63 Å². The number of carbonyl (C=O) groups excluding carboxylic acids is 1. The standard InChI is InChI=1S/C16H21NO2/c1-10-5-11(2)7-12(6-10)17-15-8-13(18)14(19-17)9-16(15,3)4/h5-7,14-15H,8-9H2,1-4H3. The first kappa shape index (κ1) is 12.7. The van der Waals surface area contributed by atoms with Crippen LogP contribution in [-0.2, 0) is 9.63 Å². The van der Waals surface area contributed by atoms with Gasteiger partial charge in [0.15, 0.2) is 5.78 Å². The van der Waals surface area contributed by atoms with E-state index in [4.69, 9.17) is 4.84 Å². The predicted octanol–water partition coefficient (Wildman–Crippen LogP) is 3.18. The minimum absolute atomic E-state index is 0.120. The number of hydrogen-bond acceptors (Lipinski definition) is 3. The minimum atomic E-state index is -0.263. The Morgan fingerprint density at radius 3 is 2.42 bits per heavy atom. The summed E-state index contributed by atoms with van der Waals surface area (Å²) in [5.41, 5.74) is 3.65. The van der Waals surface area contributed by atoms with Crippen LogP contribution in [0.15, 0.2) is 18.2 Å². The van der Waals surface area contributed by atoms with Gasteiger partial charge in [-0.25, -0.2) is 5.06 Å². The first-order valence-electron chi connectivity index (χ1n) is 6.94. The van der Waals surface area contributed by atoms with Gasteiger partial charge < -0.3 is 0 Å². The van der Waals surface area contributed by atoms with E-state index < -0.39 is 0 Å². The summed E-state index contributed by atoms with van der Waals surface area (Å²) in [4.78, 5) is 17.8. The Kier molecular flexibility index (Phi) is 2.72. The zero-order valence-corrected chi connectivity index (χ0v) is 12.1. The van der Waals surface area contributed by atoms with E-state index in [0.29, 0.717) is 6.42 Å². The van der Waals surface area contributed by atoms with E-state index in [2.05, 4.69) is 45.9 Å². The molecule has 2 saturated heterocycles. The maximum absolute atomic E-state index is 11.9. The lowest BCUT2D eigenvalue weighted by Gasteiger charge is -2.53. The van der Waals surface area contributed by atoms with Crippen LogP contribution in [0, 0.1) is 19.3 Å². The molecule has 3 heteroatoms. The quantitative estimate of drug-likeness (QED) is 0.775. The summed E-state index contributed by atoms with van der Waals surface area (Å²) in [6, 6.07) is 6.57. The third kappa shape index (κ3) is 2.06. The molecule has 19 heavy (non-hydrogen) atoms. The molecule has 3 nitrogen and oxygen atoms in total. The minimum Gasteiger partial charge on any atom is -0.297 e. The maximum atomic E-state index is 11.9. The van der Waals surface area contributed by atoms with Crippen molar-refractivity contribution in [3.8, 4) is 0 Å². The molecule has 102 valence electrons. The second-order valence-corrected chi connectivity index (χ2v) is 6.64. The molecule has 1 saturated carbocycles. The molecule has 0 amide bonds. The number of hydrogen-bond donors (Lipinski definition) is 0. The molecule has 0 N–H and O–H groups in total. The Balaban J connectivity index is 2.00. The molecule has 1 aromatic rings.